The number of aryl methyl sites for hydroxylation is 1. The highest BCUT2D eigenvalue weighted by Crippen LogP contribution is 2.41. The predicted molar refractivity (Wildman–Crippen MR) is 143 cm³/mol. The molecule has 0 saturated carbocycles. The molecule has 1 aromatic heterocycles. The highest BCUT2D eigenvalue weighted by atomic mass is 79.9. The van der Waals surface area contributed by atoms with Gasteiger partial charge in [0.2, 0.25) is 5.91 Å². The molecular weight excluding hydrogens is 580 g/mol. The zero-order valence-electron chi connectivity index (χ0n) is 19.6. The zero-order chi connectivity index (χ0) is 23.8. The minimum Gasteiger partial charge on any atom is -0.340 e. The van der Waals surface area contributed by atoms with Crippen molar-refractivity contribution in [2.45, 2.75) is 38.1 Å². The Labute approximate surface area is 224 Å². The van der Waals surface area contributed by atoms with Crippen LogP contribution in [0.1, 0.15) is 47.7 Å². The number of halogens is 3. The molecule has 0 spiro atoms. The fourth-order valence-electron chi connectivity index (χ4n) is 5.70. The van der Waals surface area contributed by atoms with Crippen molar-refractivity contribution in [1.29, 1.82) is 0 Å². The fourth-order valence-corrected chi connectivity index (χ4v) is 6.82. The van der Waals surface area contributed by atoms with E-state index in [0.717, 1.165) is 84.6 Å². The number of piperazine rings is 1. The Morgan fingerprint density at radius 3 is 2.56 bits per heavy atom. The summed E-state index contributed by atoms with van der Waals surface area (Å²) in [4.78, 5) is 24.9. The molecule has 3 heterocycles. The van der Waals surface area contributed by atoms with Crippen LogP contribution in [0.5, 0.6) is 0 Å². The van der Waals surface area contributed by atoms with E-state index in [1.807, 2.05) is 12.3 Å². The third-order valence-corrected chi connectivity index (χ3v) is 9.61. The van der Waals surface area contributed by atoms with Gasteiger partial charge in [-0.15, -0.1) is 0 Å². The molecule has 8 heteroatoms. The SMILES string of the molecule is CN1CCC(CC(=O)N2CCN(C3c4ccc(Cl)c(Br)c4CCc4cc(Br)cnc43)CC2)CC1. The van der Waals surface area contributed by atoms with E-state index in [4.69, 9.17) is 16.6 Å². The first-order valence-electron chi connectivity index (χ1n) is 12.2. The number of benzene rings is 1. The number of piperidine rings is 1. The van der Waals surface area contributed by atoms with Crippen LogP contribution in [0, 0.1) is 5.92 Å². The number of hydrogen-bond acceptors (Lipinski definition) is 4. The topological polar surface area (TPSA) is 39.7 Å². The van der Waals surface area contributed by atoms with Crippen molar-refractivity contribution < 1.29 is 4.79 Å². The Kier molecular flexibility index (Phi) is 7.66. The third-order valence-electron chi connectivity index (χ3n) is 7.73. The maximum Gasteiger partial charge on any atom is 0.222 e. The number of aromatic nitrogens is 1. The van der Waals surface area contributed by atoms with Crippen molar-refractivity contribution in [3.63, 3.8) is 0 Å². The summed E-state index contributed by atoms with van der Waals surface area (Å²) in [6, 6.07) is 6.44. The van der Waals surface area contributed by atoms with Gasteiger partial charge in [-0.05, 0) is 112 Å². The highest BCUT2D eigenvalue weighted by molar-refractivity contribution is 9.10. The smallest absolute Gasteiger partial charge is 0.222 e. The number of nitrogens with zero attached hydrogens (tertiary/aromatic N) is 4. The molecule has 1 atom stereocenters. The van der Waals surface area contributed by atoms with Gasteiger partial charge in [-0.25, -0.2) is 0 Å². The van der Waals surface area contributed by atoms with E-state index in [2.05, 4.69) is 65.7 Å². The monoisotopic (exact) mass is 608 g/mol. The largest absolute Gasteiger partial charge is 0.340 e. The summed E-state index contributed by atoms with van der Waals surface area (Å²) in [5, 5.41) is 0.752. The number of rotatable bonds is 3. The summed E-state index contributed by atoms with van der Waals surface area (Å²) in [6.07, 6.45) is 6.73. The molecule has 5 rings (SSSR count). The molecule has 1 aromatic carbocycles. The lowest BCUT2D eigenvalue weighted by molar-refractivity contribution is -0.134. The zero-order valence-corrected chi connectivity index (χ0v) is 23.5. The van der Waals surface area contributed by atoms with Crippen molar-refractivity contribution in [3.8, 4) is 0 Å². The van der Waals surface area contributed by atoms with Crippen LogP contribution in [0.3, 0.4) is 0 Å². The average Bonchev–Trinajstić information content (AvgIpc) is 3.00. The van der Waals surface area contributed by atoms with Crippen LogP contribution in [0.25, 0.3) is 0 Å². The van der Waals surface area contributed by atoms with Gasteiger partial charge in [-0.3, -0.25) is 14.7 Å². The summed E-state index contributed by atoms with van der Waals surface area (Å²) >= 11 is 13.8. The normalized spacial score (nSPS) is 22.2. The maximum atomic E-state index is 13.1. The molecule has 1 unspecified atom stereocenters. The lowest BCUT2D eigenvalue weighted by atomic mass is 9.93. The first-order chi connectivity index (χ1) is 16.4. The molecule has 2 aliphatic heterocycles. The van der Waals surface area contributed by atoms with Crippen molar-refractivity contribution in [3.05, 3.63) is 60.7 Å². The second kappa shape index (κ2) is 10.6. The summed E-state index contributed by atoms with van der Waals surface area (Å²) in [7, 11) is 2.17. The fraction of sp³-hybridized carbons (Fsp3) is 0.538. The van der Waals surface area contributed by atoms with Gasteiger partial charge in [-0.2, -0.15) is 0 Å². The molecule has 2 aromatic rings. The lowest BCUT2D eigenvalue weighted by Crippen LogP contribution is -2.50. The van der Waals surface area contributed by atoms with E-state index in [0.29, 0.717) is 18.2 Å². The van der Waals surface area contributed by atoms with Gasteiger partial charge in [-0.1, -0.05) is 17.7 Å². The molecule has 1 amide bonds. The first kappa shape index (κ1) is 24.7. The molecule has 0 radical (unpaired) electrons. The Balaban J connectivity index is 1.35. The Morgan fingerprint density at radius 1 is 1.09 bits per heavy atom. The molecule has 2 saturated heterocycles. The Bertz CT molecular complexity index is 1070. The van der Waals surface area contributed by atoms with E-state index in [9.17, 15) is 4.79 Å². The Hall–Kier alpha value is -0.990. The molecule has 34 heavy (non-hydrogen) atoms. The number of amides is 1. The number of pyridine rings is 1. The van der Waals surface area contributed by atoms with E-state index in [1.165, 1.54) is 16.7 Å². The molecule has 1 aliphatic carbocycles. The van der Waals surface area contributed by atoms with Crippen LogP contribution in [0.4, 0.5) is 0 Å². The maximum absolute atomic E-state index is 13.1. The molecule has 5 nitrogen and oxygen atoms in total. The summed E-state index contributed by atoms with van der Waals surface area (Å²) in [5.74, 6) is 0.861. The van der Waals surface area contributed by atoms with Gasteiger partial charge in [0.05, 0.1) is 16.8 Å². The van der Waals surface area contributed by atoms with E-state index in [1.54, 1.807) is 0 Å². The van der Waals surface area contributed by atoms with Crippen molar-refractivity contribution in [2.75, 3.05) is 46.3 Å². The van der Waals surface area contributed by atoms with Crippen molar-refractivity contribution in [1.82, 2.24) is 19.7 Å². The number of carbonyl (C=O) groups is 1. The van der Waals surface area contributed by atoms with Crippen LogP contribution < -0.4 is 0 Å². The number of carbonyl (C=O) groups excluding carboxylic acids is 1. The van der Waals surface area contributed by atoms with Gasteiger partial charge in [0.25, 0.3) is 0 Å². The second-order valence-corrected chi connectivity index (χ2v) is 12.0. The molecule has 0 bridgehead atoms. The summed E-state index contributed by atoms with van der Waals surface area (Å²) in [6.45, 7) is 5.46. The van der Waals surface area contributed by atoms with Crippen molar-refractivity contribution >= 4 is 49.4 Å². The Morgan fingerprint density at radius 2 is 1.82 bits per heavy atom. The van der Waals surface area contributed by atoms with Crippen LogP contribution >= 0.6 is 43.5 Å². The average molecular weight is 611 g/mol. The minimum atomic E-state index is 0.0697. The third kappa shape index (κ3) is 5.10. The first-order valence-corrected chi connectivity index (χ1v) is 14.2. The molecule has 182 valence electrons. The van der Waals surface area contributed by atoms with Gasteiger partial charge in [0.1, 0.15) is 0 Å². The second-order valence-electron chi connectivity index (χ2n) is 9.90. The summed E-state index contributed by atoms with van der Waals surface area (Å²) < 4.78 is 2.01. The highest BCUT2D eigenvalue weighted by Gasteiger charge is 2.34. The van der Waals surface area contributed by atoms with Gasteiger partial charge >= 0.3 is 0 Å². The van der Waals surface area contributed by atoms with E-state index in [-0.39, 0.29) is 6.04 Å². The number of likely N-dealkylation sites (tertiary alicyclic amines) is 1. The van der Waals surface area contributed by atoms with Crippen molar-refractivity contribution in [2.24, 2.45) is 5.92 Å². The summed E-state index contributed by atoms with van der Waals surface area (Å²) in [5.41, 5.74) is 4.95. The minimum absolute atomic E-state index is 0.0697. The predicted octanol–water partition coefficient (Wildman–Crippen LogP) is 5.32. The van der Waals surface area contributed by atoms with Crippen LogP contribution in [-0.4, -0.2) is 71.9 Å². The van der Waals surface area contributed by atoms with Crippen LogP contribution in [-0.2, 0) is 17.6 Å². The molecule has 0 N–H and O–H groups in total. The van der Waals surface area contributed by atoms with Gasteiger partial charge in [0, 0.05) is 47.7 Å². The lowest BCUT2D eigenvalue weighted by Gasteiger charge is -2.40. The van der Waals surface area contributed by atoms with E-state index < -0.39 is 0 Å². The van der Waals surface area contributed by atoms with Crippen LogP contribution in [0.2, 0.25) is 5.02 Å². The number of hydrogen-bond donors (Lipinski definition) is 0. The van der Waals surface area contributed by atoms with E-state index >= 15 is 0 Å². The van der Waals surface area contributed by atoms with Crippen LogP contribution in [0.15, 0.2) is 33.3 Å². The molecule has 2 fully saturated rings. The quantitative estimate of drug-likeness (QED) is 0.472. The van der Waals surface area contributed by atoms with Gasteiger partial charge < -0.3 is 9.80 Å². The van der Waals surface area contributed by atoms with Gasteiger partial charge in [0.15, 0.2) is 0 Å². The molecular formula is C26H31Br2ClN4O. The standard InChI is InChI=1S/C26H31Br2ClN4O/c1-31-8-6-17(7-9-31)14-23(34)32-10-12-33(13-11-32)26-21-4-5-22(29)24(28)20(21)3-2-18-15-19(27)16-30-25(18)26/h4-5,15-17,26H,2-3,6-14H2,1H3. The number of fused-ring (bicyclic) bond motifs is 2. The molecule has 3 aliphatic rings.